The van der Waals surface area contributed by atoms with Gasteiger partial charge in [0, 0.05) is 0 Å². The third-order valence-electron chi connectivity index (χ3n) is 3.45. The van der Waals surface area contributed by atoms with Crippen molar-refractivity contribution in [2.45, 2.75) is 27.7 Å². The molecule has 0 unspecified atom stereocenters. The van der Waals surface area contributed by atoms with Crippen LogP contribution in [-0.4, -0.2) is 30.4 Å². The number of aromatic nitrogens is 1. The molecule has 2 aromatic rings. The van der Waals surface area contributed by atoms with E-state index < -0.39 is 12.2 Å². The fourth-order valence-corrected chi connectivity index (χ4v) is 2.06. The van der Waals surface area contributed by atoms with Gasteiger partial charge in [0.15, 0.2) is 5.82 Å². The van der Waals surface area contributed by atoms with Crippen molar-refractivity contribution in [1.29, 1.82) is 0 Å². The van der Waals surface area contributed by atoms with E-state index >= 15 is 0 Å². The topological polar surface area (TPSA) is 114 Å². The fourth-order valence-electron chi connectivity index (χ4n) is 2.06. The molecule has 1 heterocycles. The lowest BCUT2D eigenvalue weighted by atomic mass is 10.2. The second-order valence-electron chi connectivity index (χ2n) is 7.33. The number of carbonyl (C=O) groups excluding carboxylic acids is 2. The van der Waals surface area contributed by atoms with E-state index in [0.29, 0.717) is 11.4 Å². The summed E-state index contributed by atoms with van der Waals surface area (Å²) < 4.78 is 10.2. The number of hydrogen-bond acceptors (Lipinski definition) is 7. The first-order chi connectivity index (χ1) is 14.3. The molecule has 9 nitrogen and oxygen atoms in total. The summed E-state index contributed by atoms with van der Waals surface area (Å²) in [5.74, 6) is 0.689. The minimum Gasteiger partial charge on any atom is -0.449 e. The number of benzene rings is 1. The summed E-state index contributed by atoms with van der Waals surface area (Å²) in [4.78, 5) is 28.2. The number of nitrogens with zero attached hydrogens (tertiary/aromatic N) is 3. The highest BCUT2D eigenvalue weighted by Gasteiger charge is 2.13. The van der Waals surface area contributed by atoms with Crippen LogP contribution in [0.25, 0.3) is 0 Å². The molecular weight excluding hydrogens is 386 g/mol. The van der Waals surface area contributed by atoms with Gasteiger partial charge in [-0.25, -0.2) is 14.6 Å². The maximum atomic E-state index is 12.1. The van der Waals surface area contributed by atoms with E-state index in [1.54, 1.807) is 24.3 Å². The smallest absolute Gasteiger partial charge is 0.412 e. The van der Waals surface area contributed by atoms with E-state index in [1.807, 2.05) is 45.9 Å². The van der Waals surface area contributed by atoms with E-state index in [2.05, 4.69) is 25.8 Å². The van der Waals surface area contributed by atoms with Gasteiger partial charge in [0.25, 0.3) is 0 Å². The summed E-state index contributed by atoms with van der Waals surface area (Å²) in [6.45, 7) is 8.26. The van der Waals surface area contributed by atoms with E-state index in [-0.39, 0.29) is 36.7 Å². The summed E-state index contributed by atoms with van der Waals surface area (Å²) in [5.41, 5.74) is 0.951. The summed E-state index contributed by atoms with van der Waals surface area (Å²) in [6, 6.07) is 12.3. The molecule has 0 aliphatic rings. The molecule has 0 saturated heterocycles. The second-order valence-corrected chi connectivity index (χ2v) is 7.33. The van der Waals surface area contributed by atoms with Crippen LogP contribution >= 0.6 is 0 Å². The molecule has 0 atom stereocenters. The van der Waals surface area contributed by atoms with Gasteiger partial charge in [0.1, 0.15) is 11.5 Å². The molecule has 2 N–H and O–H groups in total. The van der Waals surface area contributed by atoms with Crippen molar-refractivity contribution in [3.8, 4) is 0 Å². The minimum atomic E-state index is -0.674. The zero-order valence-corrected chi connectivity index (χ0v) is 17.6. The van der Waals surface area contributed by atoms with Crippen LogP contribution in [0.3, 0.4) is 0 Å². The van der Waals surface area contributed by atoms with Crippen LogP contribution in [0.15, 0.2) is 52.7 Å². The standard InChI is InChI=1S/C21H27N5O4/c1-14(2)12-29-20(27)23-18-11-10-17(26-25-16-8-6-5-7-9-16)19(22-18)24-21(28)30-13-15(3)4/h5-11,14-15H,12-13H2,1-4H3,(H2,22,23,24,27,28). The lowest BCUT2D eigenvalue weighted by Crippen LogP contribution is -2.19. The Kier molecular flexibility index (Phi) is 8.74. The quantitative estimate of drug-likeness (QED) is 0.522. The van der Waals surface area contributed by atoms with Gasteiger partial charge in [-0.3, -0.25) is 10.6 Å². The van der Waals surface area contributed by atoms with Gasteiger partial charge in [0.05, 0.1) is 18.9 Å². The molecule has 160 valence electrons. The van der Waals surface area contributed by atoms with Crippen molar-refractivity contribution in [2.75, 3.05) is 23.8 Å². The van der Waals surface area contributed by atoms with Crippen molar-refractivity contribution in [1.82, 2.24) is 4.98 Å². The maximum Gasteiger partial charge on any atom is 0.412 e. The van der Waals surface area contributed by atoms with Gasteiger partial charge in [0.2, 0.25) is 0 Å². The molecule has 0 bridgehead atoms. The van der Waals surface area contributed by atoms with E-state index in [1.165, 1.54) is 0 Å². The number of anilines is 2. The first-order valence-electron chi connectivity index (χ1n) is 9.69. The zero-order valence-electron chi connectivity index (χ0n) is 17.6. The fraction of sp³-hybridized carbons (Fsp3) is 0.381. The minimum absolute atomic E-state index is 0.102. The lowest BCUT2D eigenvalue weighted by molar-refractivity contribution is 0.147. The third kappa shape index (κ3) is 8.26. The van der Waals surface area contributed by atoms with Crippen molar-refractivity contribution in [3.05, 3.63) is 42.5 Å². The summed E-state index contributed by atoms with van der Waals surface area (Å²) in [7, 11) is 0. The van der Waals surface area contributed by atoms with E-state index in [0.717, 1.165) is 0 Å². The highest BCUT2D eigenvalue weighted by molar-refractivity contribution is 5.89. The Labute approximate surface area is 175 Å². The summed E-state index contributed by atoms with van der Waals surface area (Å²) in [6.07, 6.45) is -1.31. The SMILES string of the molecule is CC(C)COC(=O)Nc1ccc(N=Nc2ccccc2)c(NC(=O)OCC(C)C)n1. The molecule has 0 radical (unpaired) electrons. The van der Waals surface area contributed by atoms with Gasteiger partial charge >= 0.3 is 12.2 Å². The normalized spacial score (nSPS) is 11.0. The first kappa shape index (κ1) is 22.8. The number of amides is 2. The predicted molar refractivity (Wildman–Crippen MR) is 114 cm³/mol. The van der Waals surface area contributed by atoms with Crippen molar-refractivity contribution in [2.24, 2.45) is 22.1 Å². The summed E-state index contributed by atoms with van der Waals surface area (Å²) >= 11 is 0. The van der Waals surface area contributed by atoms with Crippen LogP contribution in [0.4, 0.5) is 32.6 Å². The lowest BCUT2D eigenvalue weighted by Gasteiger charge is -2.12. The molecule has 0 aliphatic heterocycles. The number of nitrogens with one attached hydrogen (secondary N) is 2. The Morgan fingerprint density at radius 3 is 2.07 bits per heavy atom. The highest BCUT2D eigenvalue weighted by atomic mass is 16.6. The van der Waals surface area contributed by atoms with E-state index in [9.17, 15) is 9.59 Å². The number of hydrogen-bond donors (Lipinski definition) is 2. The van der Waals surface area contributed by atoms with Crippen LogP contribution < -0.4 is 10.6 Å². The molecule has 1 aromatic heterocycles. The van der Waals surface area contributed by atoms with Crippen LogP contribution in [-0.2, 0) is 9.47 Å². The number of carbonyl (C=O) groups is 2. The third-order valence-corrected chi connectivity index (χ3v) is 3.45. The number of rotatable bonds is 8. The molecular formula is C21H27N5O4. The Hall–Kier alpha value is -3.49. The van der Waals surface area contributed by atoms with Gasteiger partial charge in [-0.1, -0.05) is 45.9 Å². The van der Waals surface area contributed by atoms with Gasteiger partial charge in [-0.2, -0.15) is 5.11 Å². The van der Waals surface area contributed by atoms with Crippen LogP contribution in [0.5, 0.6) is 0 Å². The van der Waals surface area contributed by atoms with E-state index in [4.69, 9.17) is 9.47 Å². The molecule has 0 fully saturated rings. The predicted octanol–water partition coefficient (Wildman–Crippen LogP) is 5.91. The molecule has 0 saturated carbocycles. The molecule has 2 rings (SSSR count). The Balaban J connectivity index is 2.19. The molecule has 9 heteroatoms. The van der Waals surface area contributed by atoms with Crippen LogP contribution in [0, 0.1) is 11.8 Å². The average Bonchev–Trinajstić information content (AvgIpc) is 2.71. The molecule has 0 spiro atoms. The molecule has 30 heavy (non-hydrogen) atoms. The zero-order chi connectivity index (χ0) is 21.9. The van der Waals surface area contributed by atoms with Crippen LogP contribution in [0.2, 0.25) is 0 Å². The van der Waals surface area contributed by atoms with Crippen molar-refractivity contribution in [3.63, 3.8) is 0 Å². The first-order valence-corrected chi connectivity index (χ1v) is 9.69. The Morgan fingerprint density at radius 1 is 0.867 bits per heavy atom. The maximum absolute atomic E-state index is 12.1. The monoisotopic (exact) mass is 413 g/mol. The molecule has 1 aromatic carbocycles. The van der Waals surface area contributed by atoms with Gasteiger partial charge < -0.3 is 9.47 Å². The average molecular weight is 413 g/mol. The largest absolute Gasteiger partial charge is 0.449 e. The Bertz CT molecular complexity index is 869. The summed E-state index contributed by atoms with van der Waals surface area (Å²) in [5, 5.41) is 13.4. The van der Waals surface area contributed by atoms with Crippen molar-refractivity contribution >= 4 is 35.2 Å². The number of pyridine rings is 1. The molecule has 2 amide bonds. The van der Waals surface area contributed by atoms with Crippen molar-refractivity contribution < 1.29 is 19.1 Å². The highest BCUT2D eigenvalue weighted by Crippen LogP contribution is 2.27. The van der Waals surface area contributed by atoms with Crippen LogP contribution in [0.1, 0.15) is 27.7 Å². The Morgan fingerprint density at radius 2 is 1.47 bits per heavy atom. The molecule has 0 aliphatic carbocycles. The number of ether oxygens (including phenoxy) is 2. The number of azo groups is 1. The van der Waals surface area contributed by atoms with Gasteiger partial charge in [-0.15, -0.1) is 5.11 Å². The van der Waals surface area contributed by atoms with Gasteiger partial charge in [-0.05, 0) is 36.1 Å². The second kappa shape index (κ2) is 11.5.